The summed E-state index contributed by atoms with van der Waals surface area (Å²) >= 11 is 6.57. The number of nitrogens with one attached hydrogen (secondary N) is 2. The average molecular weight is 1990 g/mol. The number of methoxy groups -OCH3 is 3. The number of fused-ring (bicyclic) bond motifs is 3. The predicted octanol–water partition coefficient (Wildman–Crippen LogP) is 25.9. The molecule has 0 fully saturated rings. The van der Waals surface area contributed by atoms with Crippen LogP contribution in [0.1, 0.15) is 94.6 Å². The van der Waals surface area contributed by atoms with Crippen LogP contribution in [0.4, 0.5) is 57.4 Å². The van der Waals surface area contributed by atoms with Crippen molar-refractivity contribution in [2.75, 3.05) is 28.1 Å². The van der Waals surface area contributed by atoms with Gasteiger partial charge in [-0.05, 0) is 273 Å². The first-order valence-corrected chi connectivity index (χ1v) is 43.9. The number of aromatic hydroxyl groups is 7. The van der Waals surface area contributed by atoms with Crippen LogP contribution in [0.15, 0.2) is 305 Å². The fraction of sp³-hybridized carbons (Fsp3) is 0.131. The molecular weight excluding hydrogens is 1900 g/mol. The molecule has 1 aliphatic heterocycles. The fourth-order valence-corrected chi connectivity index (χ4v) is 14.1. The molecule has 16 aromatic rings. The number of para-hydroxylation sites is 1. The van der Waals surface area contributed by atoms with E-state index in [1.807, 2.05) is 188 Å². The monoisotopic (exact) mass is 1990 g/mol. The summed E-state index contributed by atoms with van der Waals surface area (Å²) in [6, 6.07) is 74.8. The Balaban J connectivity index is 0.000000154. The Labute approximate surface area is 810 Å². The van der Waals surface area contributed by atoms with Crippen molar-refractivity contribution in [3.05, 3.63) is 370 Å². The van der Waals surface area contributed by atoms with Crippen LogP contribution in [-0.2, 0) is 23.9 Å². The van der Waals surface area contributed by atoms with Gasteiger partial charge in [0.05, 0.1) is 112 Å². The highest BCUT2D eigenvalue weighted by atomic mass is 79.9. The maximum absolute atomic E-state index is 13.4. The van der Waals surface area contributed by atoms with Crippen molar-refractivity contribution in [1.82, 2.24) is 25.4 Å². The van der Waals surface area contributed by atoms with Gasteiger partial charge in [0.15, 0.2) is 18.3 Å². The van der Waals surface area contributed by atoms with Gasteiger partial charge in [0.25, 0.3) is 0 Å². The number of halogens is 6. The predicted molar refractivity (Wildman–Crippen MR) is 542 cm³/mol. The second kappa shape index (κ2) is 49.5. The number of aromatic amines is 2. The lowest BCUT2D eigenvalue weighted by Crippen LogP contribution is -2.10. The molecule has 0 spiro atoms. The normalized spacial score (nSPS) is 11.6. The molecule has 3 heterocycles. The molecule has 17 rings (SSSR count). The van der Waals surface area contributed by atoms with E-state index in [9.17, 15) is 53.3 Å². The van der Waals surface area contributed by atoms with Gasteiger partial charge in [-0.25, -0.2) is 9.37 Å². The zero-order chi connectivity index (χ0) is 99.0. The molecule has 0 amide bonds. The number of alkyl halides is 3. The Kier molecular flexibility index (Phi) is 36.6. The standard InChI is InChI=1S/C17H18BrNO4.C16H14N2O.C16H15NO3.C15H12F3NO.C15H13N3O.C14H11BrFNO.C14H12N4O/c1-10-5-11(16(20)13(18)6-10)9-19-12-7-14(21-2)17(23-4)15(8-12)22-3;1-12-2-7-16(19)14(10-12)11-18-15-5-3-13(4-6-15)8-9-17;1-11-2-5-15(18)13(6-11)8-17-14-4-3-12-9-19-10-20-16(12)7-14;1-10-2-7-14(20)11(8-10)9-19-13-5-3-12(4-6-13)15(16,17)18;1-10-2-5-15(19)11(6-10)8-16-12-3-4-13-14(7-12)18-9-17-13;1-9-6-10(14(18)11(15)7-9)8-17-13-5-3-2-4-12(13)16;1-9-2-5-14(19)10(6-9)8-15-11-3-4-12-13(7-11)17-18-16-12/h5-9,20H,1-4H3;2-7,10-11,19H,8H2,1H3;2-8,18H,9-10H2,1H3;2-9,20H,1H3;2-9,19H,1H3,(H,17,18);2-8,18H,1H3;2-8,19H,1H3,(H,16,17,18). The third kappa shape index (κ3) is 30.3. The SMILES string of the molecule is COc1cc(N=Cc2cc(C)cc(Br)c2O)cc(OC)c1OC.Cc1cc(Br)c(O)c(C=Nc2ccccc2F)c1.Cc1ccc(O)c(C=Nc2ccc(C(F)(F)F)cc2)c1.Cc1ccc(O)c(C=Nc2ccc(CC#N)cc2)c1.Cc1ccc(O)c(C=Nc2ccc3c(c2)OCOC3)c1.Cc1ccc(O)c(C=Nc2ccc3n[nH]nc3c2)c1.Cc1ccc(O)c(C=Nc2ccc3nc[nH]c3c2)c1. The number of hydrogen-bond donors (Lipinski definition) is 9. The van der Waals surface area contributed by atoms with Crippen LogP contribution in [0.25, 0.3) is 22.1 Å². The number of aromatic nitrogens is 5. The van der Waals surface area contributed by atoms with E-state index in [4.69, 9.17) is 28.9 Å². The van der Waals surface area contributed by atoms with Crippen molar-refractivity contribution >= 4 is 137 Å². The largest absolute Gasteiger partial charge is 0.507 e. The van der Waals surface area contributed by atoms with Crippen molar-refractivity contribution in [2.24, 2.45) is 34.9 Å². The fourth-order valence-electron chi connectivity index (χ4n) is 12.9. The second-order valence-corrected chi connectivity index (χ2v) is 32.6. The number of H-pyrrole nitrogens is 2. The lowest BCUT2D eigenvalue weighted by molar-refractivity contribution is -0.137. The Bertz CT molecular complexity index is 7050. The Morgan fingerprint density at radius 3 is 1.28 bits per heavy atom. The quantitative estimate of drug-likeness (QED) is 0.0285. The number of phenolic OH excluding ortho intramolecular Hbond substituents is 7. The number of hydrogen-bond acceptors (Lipinski definition) is 23. The van der Waals surface area contributed by atoms with Crippen LogP contribution in [0, 0.1) is 65.6 Å². The van der Waals surface area contributed by atoms with Crippen LogP contribution < -0.4 is 18.9 Å². The van der Waals surface area contributed by atoms with E-state index in [0.717, 1.165) is 113 Å². The van der Waals surface area contributed by atoms with Gasteiger partial charge in [-0.15, -0.1) is 0 Å². The minimum absolute atomic E-state index is 0.0752. The number of phenols is 7. The van der Waals surface area contributed by atoms with Gasteiger partial charge in [-0.1, -0.05) is 88.5 Å². The van der Waals surface area contributed by atoms with Crippen molar-refractivity contribution < 1.29 is 77.0 Å². The van der Waals surface area contributed by atoms with Crippen molar-refractivity contribution in [2.45, 2.75) is 67.7 Å². The Morgan fingerprint density at radius 1 is 0.420 bits per heavy atom. The molecule has 2 aromatic heterocycles. The highest BCUT2D eigenvalue weighted by molar-refractivity contribution is 9.11. The van der Waals surface area contributed by atoms with Gasteiger partial charge >= 0.3 is 6.18 Å². The highest BCUT2D eigenvalue weighted by Crippen LogP contribution is 2.42. The number of nitriles is 1. The zero-order valence-electron chi connectivity index (χ0n) is 76.3. The molecule has 0 radical (unpaired) electrons. The molecule has 0 unspecified atom stereocenters. The van der Waals surface area contributed by atoms with E-state index < -0.39 is 11.7 Å². The summed E-state index contributed by atoms with van der Waals surface area (Å²) in [5, 5.41) is 87.6. The van der Waals surface area contributed by atoms with E-state index in [2.05, 4.69) is 98.3 Å². The summed E-state index contributed by atoms with van der Waals surface area (Å²) in [5.74, 6) is 3.18. The summed E-state index contributed by atoms with van der Waals surface area (Å²) in [7, 11) is 4.65. The molecule has 702 valence electrons. The minimum atomic E-state index is -4.35. The maximum Gasteiger partial charge on any atom is 0.416 e. The van der Waals surface area contributed by atoms with Crippen LogP contribution >= 0.6 is 31.9 Å². The van der Waals surface area contributed by atoms with Crippen LogP contribution in [0.2, 0.25) is 0 Å². The van der Waals surface area contributed by atoms with Gasteiger partial charge in [-0.2, -0.15) is 33.8 Å². The number of nitrogens with zero attached hydrogens (tertiary/aromatic N) is 11. The molecule has 138 heavy (non-hydrogen) atoms. The molecule has 1 aliphatic rings. The summed E-state index contributed by atoms with van der Waals surface area (Å²) in [6.07, 6.45) is 8.78. The molecule has 0 aliphatic carbocycles. The molecule has 0 saturated heterocycles. The average Bonchev–Trinajstić information content (AvgIpc) is 1.81. The molecular formula is C107H95Br2F4N13O12. The minimum Gasteiger partial charge on any atom is -0.507 e. The molecule has 14 aromatic carbocycles. The number of rotatable bonds is 18. The topological polar surface area (TPSA) is 368 Å². The zero-order valence-corrected chi connectivity index (χ0v) is 79.5. The van der Waals surface area contributed by atoms with Gasteiger partial charge in [-0.3, -0.25) is 34.9 Å². The first-order chi connectivity index (χ1) is 66.3. The van der Waals surface area contributed by atoms with Gasteiger partial charge in [0, 0.05) is 106 Å². The lowest BCUT2D eigenvalue weighted by atomic mass is 10.1. The maximum atomic E-state index is 13.4. The molecule has 31 heteroatoms. The summed E-state index contributed by atoms with van der Waals surface area (Å²) in [6.45, 7) is 14.5. The summed E-state index contributed by atoms with van der Waals surface area (Å²) in [5.41, 5.74) is 20.9. The van der Waals surface area contributed by atoms with Gasteiger partial charge in [0.2, 0.25) is 5.75 Å². The number of ether oxygens (including phenoxy) is 5. The van der Waals surface area contributed by atoms with Crippen molar-refractivity contribution in [3.63, 3.8) is 0 Å². The Hall–Kier alpha value is -16.4. The molecule has 0 saturated carbocycles. The van der Waals surface area contributed by atoms with E-state index in [1.54, 1.807) is 144 Å². The number of aliphatic imine (C=N–C) groups is 7. The van der Waals surface area contributed by atoms with Gasteiger partial charge in [0.1, 0.15) is 62.8 Å². The van der Waals surface area contributed by atoms with Crippen molar-refractivity contribution in [3.8, 4) is 69.3 Å². The molecule has 25 nitrogen and oxygen atoms in total. The molecule has 0 atom stereocenters. The van der Waals surface area contributed by atoms with Crippen LogP contribution in [0.3, 0.4) is 0 Å². The molecule has 0 bridgehead atoms. The summed E-state index contributed by atoms with van der Waals surface area (Å²) in [4.78, 5) is 37.1. The number of benzene rings is 14. The van der Waals surface area contributed by atoms with Gasteiger partial charge < -0.3 is 64.4 Å². The third-order valence-corrected chi connectivity index (χ3v) is 21.3. The van der Waals surface area contributed by atoms with Crippen LogP contribution in [0.5, 0.6) is 63.2 Å². The second-order valence-electron chi connectivity index (χ2n) is 30.9. The first kappa shape index (κ1) is 102. The third-order valence-electron chi connectivity index (χ3n) is 20.1. The lowest BCUT2D eigenvalue weighted by Gasteiger charge is -2.17. The number of imidazole rings is 1. The van der Waals surface area contributed by atoms with Crippen LogP contribution in [-0.4, -0.2) is 133 Å². The van der Waals surface area contributed by atoms with E-state index >= 15 is 0 Å². The highest BCUT2D eigenvalue weighted by Gasteiger charge is 2.30. The number of aryl methyl sites for hydroxylation is 7. The first-order valence-electron chi connectivity index (χ1n) is 42.3. The van der Waals surface area contributed by atoms with E-state index in [0.29, 0.717) is 89.5 Å². The van der Waals surface area contributed by atoms with Crippen molar-refractivity contribution in [1.29, 1.82) is 5.26 Å². The Morgan fingerprint density at radius 2 is 0.819 bits per heavy atom. The summed E-state index contributed by atoms with van der Waals surface area (Å²) < 4.78 is 78.3. The smallest absolute Gasteiger partial charge is 0.416 e. The van der Waals surface area contributed by atoms with E-state index in [1.165, 1.54) is 30.6 Å². The molecule has 9 N–H and O–H groups in total. The van der Waals surface area contributed by atoms with E-state index in [-0.39, 0.29) is 58.5 Å².